The lowest BCUT2D eigenvalue weighted by molar-refractivity contribution is -0.890. The van der Waals surface area contributed by atoms with E-state index in [1.165, 1.54) is 19.5 Å². The summed E-state index contributed by atoms with van der Waals surface area (Å²) in [4.78, 5) is 2.14. The summed E-state index contributed by atoms with van der Waals surface area (Å²) in [5.74, 6) is 0. The minimum Gasteiger partial charge on any atom is -0.395 e. The van der Waals surface area contributed by atoms with Crippen LogP contribution in [0.3, 0.4) is 0 Å². The lowest BCUT2D eigenvalue weighted by Crippen LogP contribution is -2.45. The molecule has 1 atom stereocenters. The SMILES string of the molecule is CN(C)CCO[SiH](C)OCC[N+](C)(C)CCCN(C)[SiH](C)C. The summed E-state index contributed by atoms with van der Waals surface area (Å²) in [6, 6.07) is 0. The van der Waals surface area contributed by atoms with Gasteiger partial charge in [-0.2, -0.15) is 0 Å². The summed E-state index contributed by atoms with van der Waals surface area (Å²) in [6.45, 7) is 13.0. The largest absolute Gasteiger partial charge is 0.395 e. The van der Waals surface area contributed by atoms with Gasteiger partial charge in [-0.05, 0) is 34.2 Å². The lowest BCUT2D eigenvalue weighted by atomic mass is 10.3. The van der Waals surface area contributed by atoms with Gasteiger partial charge in [0, 0.05) is 19.6 Å². The van der Waals surface area contributed by atoms with E-state index in [1.54, 1.807) is 0 Å². The van der Waals surface area contributed by atoms with Gasteiger partial charge in [-0.1, -0.05) is 13.1 Å². The van der Waals surface area contributed by atoms with Gasteiger partial charge in [0.1, 0.15) is 15.5 Å². The topological polar surface area (TPSA) is 24.9 Å². The summed E-state index contributed by atoms with van der Waals surface area (Å²) in [6.07, 6.45) is 1.26. The van der Waals surface area contributed by atoms with Gasteiger partial charge in [0.15, 0.2) is 0 Å². The van der Waals surface area contributed by atoms with E-state index >= 15 is 0 Å². The van der Waals surface area contributed by atoms with Gasteiger partial charge < -0.3 is 22.8 Å². The second-order valence-corrected chi connectivity index (χ2v) is 12.3. The molecule has 0 aromatic heterocycles. The molecule has 0 heterocycles. The Morgan fingerprint density at radius 1 is 0.864 bits per heavy atom. The minimum atomic E-state index is -1.45. The second-order valence-electron chi connectivity index (χ2n) is 7.42. The first kappa shape index (κ1) is 22.2. The van der Waals surface area contributed by atoms with Crippen molar-refractivity contribution < 1.29 is 13.3 Å². The Morgan fingerprint density at radius 2 is 1.45 bits per heavy atom. The molecule has 0 bridgehead atoms. The normalized spacial score (nSPS) is 14.3. The second kappa shape index (κ2) is 11.7. The van der Waals surface area contributed by atoms with Gasteiger partial charge in [0.05, 0.1) is 27.2 Å². The zero-order valence-electron chi connectivity index (χ0n) is 16.3. The first-order valence-electron chi connectivity index (χ1n) is 8.54. The van der Waals surface area contributed by atoms with Crippen molar-refractivity contribution in [2.45, 2.75) is 26.1 Å². The van der Waals surface area contributed by atoms with Crippen LogP contribution in [0.2, 0.25) is 19.6 Å². The standard InChI is InChI=1S/C15H40N3O2Si2/c1-16(2)11-14-19-22(8)20-15-13-18(4,5)12-9-10-17(3)21(6)7/h21-22H,9-15H2,1-8H3/q+1. The van der Waals surface area contributed by atoms with E-state index in [2.05, 4.69) is 64.3 Å². The first-order valence-corrected chi connectivity index (χ1v) is 13.5. The van der Waals surface area contributed by atoms with Crippen molar-refractivity contribution in [3.63, 3.8) is 0 Å². The molecule has 0 saturated heterocycles. The highest BCUT2D eigenvalue weighted by Gasteiger charge is 2.16. The summed E-state index contributed by atoms with van der Waals surface area (Å²) in [5, 5.41) is 0. The van der Waals surface area contributed by atoms with Gasteiger partial charge in [-0.25, -0.2) is 0 Å². The van der Waals surface area contributed by atoms with Gasteiger partial charge in [0.2, 0.25) is 0 Å². The molecule has 1 unspecified atom stereocenters. The van der Waals surface area contributed by atoms with E-state index in [0.717, 1.165) is 30.8 Å². The fourth-order valence-electron chi connectivity index (χ4n) is 2.03. The summed E-state index contributed by atoms with van der Waals surface area (Å²) in [7, 11) is 8.93. The zero-order chi connectivity index (χ0) is 17.2. The number of hydrogen-bond donors (Lipinski definition) is 0. The molecule has 0 aromatic rings. The van der Waals surface area contributed by atoms with Crippen LogP contribution in [0.15, 0.2) is 0 Å². The van der Waals surface area contributed by atoms with Crippen molar-refractivity contribution in [2.24, 2.45) is 0 Å². The smallest absolute Gasteiger partial charge is 0.318 e. The Labute approximate surface area is 142 Å². The Bertz CT molecular complexity index is 280. The summed E-state index contributed by atoms with van der Waals surface area (Å²) < 4.78 is 15.3. The summed E-state index contributed by atoms with van der Waals surface area (Å²) in [5.41, 5.74) is 0. The van der Waals surface area contributed by atoms with E-state index in [0.29, 0.717) is 0 Å². The maximum Gasteiger partial charge on any atom is 0.318 e. The van der Waals surface area contributed by atoms with Gasteiger partial charge in [-0.3, -0.25) is 0 Å². The van der Waals surface area contributed by atoms with E-state index < -0.39 is 18.2 Å². The fourth-order valence-corrected chi connectivity index (χ4v) is 3.70. The molecule has 5 nitrogen and oxygen atoms in total. The van der Waals surface area contributed by atoms with Crippen molar-refractivity contribution in [2.75, 3.05) is 74.6 Å². The average molecular weight is 351 g/mol. The van der Waals surface area contributed by atoms with Crippen molar-refractivity contribution in [3.8, 4) is 0 Å². The molecule has 22 heavy (non-hydrogen) atoms. The third-order valence-corrected chi connectivity index (χ3v) is 7.53. The minimum absolute atomic E-state index is 0.618. The first-order chi connectivity index (χ1) is 10.1. The van der Waals surface area contributed by atoms with Crippen molar-refractivity contribution >= 4 is 18.2 Å². The molecule has 0 N–H and O–H groups in total. The van der Waals surface area contributed by atoms with Crippen LogP contribution in [-0.4, -0.2) is 107 Å². The molecule has 0 radical (unpaired) electrons. The van der Waals surface area contributed by atoms with Crippen LogP contribution in [0.1, 0.15) is 6.42 Å². The van der Waals surface area contributed by atoms with Crippen LogP contribution >= 0.6 is 0 Å². The number of rotatable bonds is 13. The van der Waals surface area contributed by atoms with Crippen molar-refractivity contribution in [1.82, 2.24) is 9.47 Å². The molecule has 0 amide bonds. The van der Waals surface area contributed by atoms with Crippen molar-refractivity contribution in [3.05, 3.63) is 0 Å². The quantitative estimate of drug-likeness (QED) is 0.363. The van der Waals surface area contributed by atoms with Crippen LogP contribution in [0.25, 0.3) is 0 Å². The number of nitrogens with zero attached hydrogens (tertiary/aromatic N) is 3. The molecule has 0 rings (SSSR count). The Morgan fingerprint density at radius 3 is 2.00 bits per heavy atom. The molecule has 0 saturated carbocycles. The lowest BCUT2D eigenvalue weighted by Gasteiger charge is -2.31. The Hall–Kier alpha value is 0.234. The third kappa shape index (κ3) is 12.7. The highest BCUT2D eigenvalue weighted by Crippen LogP contribution is 2.02. The predicted octanol–water partition coefficient (Wildman–Crippen LogP) is 0.813. The molecule has 0 spiro atoms. The Balaban J connectivity index is 3.74. The zero-order valence-corrected chi connectivity index (χ0v) is 18.6. The molecule has 0 aromatic carbocycles. The van der Waals surface area contributed by atoms with E-state index in [9.17, 15) is 0 Å². The molecule has 0 fully saturated rings. The highest BCUT2D eigenvalue weighted by atomic mass is 28.3. The molecule has 0 aliphatic carbocycles. The molecule has 0 aliphatic heterocycles. The summed E-state index contributed by atoms with van der Waals surface area (Å²) >= 11 is 0. The molecule has 0 aliphatic rings. The van der Waals surface area contributed by atoms with Crippen LogP contribution < -0.4 is 0 Å². The van der Waals surface area contributed by atoms with Crippen LogP contribution in [-0.2, 0) is 8.85 Å². The monoisotopic (exact) mass is 350 g/mol. The molecular weight excluding hydrogens is 310 g/mol. The maximum atomic E-state index is 5.90. The number of quaternary nitrogens is 1. The predicted molar refractivity (Wildman–Crippen MR) is 101 cm³/mol. The maximum absolute atomic E-state index is 5.90. The molecule has 134 valence electrons. The van der Waals surface area contributed by atoms with Gasteiger partial charge in [-0.15, -0.1) is 0 Å². The van der Waals surface area contributed by atoms with Gasteiger partial charge in [0.25, 0.3) is 0 Å². The van der Waals surface area contributed by atoms with E-state index in [-0.39, 0.29) is 0 Å². The van der Waals surface area contributed by atoms with E-state index in [4.69, 9.17) is 8.85 Å². The molecule has 7 heteroatoms. The molecular formula is C15H40N3O2Si2+. The van der Waals surface area contributed by atoms with Crippen LogP contribution in [0.4, 0.5) is 0 Å². The van der Waals surface area contributed by atoms with Crippen LogP contribution in [0.5, 0.6) is 0 Å². The fraction of sp³-hybridized carbons (Fsp3) is 1.00. The number of hydrogen-bond acceptors (Lipinski definition) is 4. The third-order valence-electron chi connectivity index (χ3n) is 4.10. The van der Waals surface area contributed by atoms with E-state index in [1.807, 2.05) is 0 Å². The Kier molecular flexibility index (Phi) is 11.8. The highest BCUT2D eigenvalue weighted by molar-refractivity contribution is 6.52. The average Bonchev–Trinajstić information content (AvgIpc) is 2.37. The van der Waals surface area contributed by atoms with Gasteiger partial charge >= 0.3 is 9.28 Å². The van der Waals surface area contributed by atoms with Crippen molar-refractivity contribution in [1.29, 1.82) is 0 Å². The van der Waals surface area contributed by atoms with Crippen LogP contribution in [0, 0.1) is 0 Å². The number of likely N-dealkylation sites (N-methyl/N-ethyl adjacent to an activating group) is 2.